The smallest absolute Gasteiger partial charge is 0.303 e. The second-order valence-corrected chi connectivity index (χ2v) is 13.8. The molecule has 2 heterocycles. The molecule has 0 bridgehead atoms. The number of methoxy groups -OCH3 is 1. The number of carboxylic acid groups (broad SMARTS) is 1. The lowest BCUT2D eigenvalue weighted by Gasteiger charge is -2.38. The molecule has 7 nitrogen and oxygen atoms in total. The minimum Gasteiger partial charge on any atom is -0.481 e. The monoisotopic (exact) mass is 716 g/mol. The van der Waals surface area contributed by atoms with E-state index in [9.17, 15) is 19.5 Å². The lowest BCUT2D eigenvalue weighted by molar-refractivity contribution is -0.137. The predicted molar refractivity (Wildman–Crippen MR) is 204 cm³/mol. The molecule has 0 amide bonds. The van der Waals surface area contributed by atoms with E-state index in [0.29, 0.717) is 24.1 Å². The lowest BCUT2D eigenvalue weighted by atomic mass is 9.83. The van der Waals surface area contributed by atoms with Crippen molar-refractivity contribution in [1.82, 2.24) is 9.47 Å². The van der Waals surface area contributed by atoms with Gasteiger partial charge in [0, 0.05) is 45.3 Å². The number of ketones is 1. The largest absolute Gasteiger partial charge is 0.481 e. The van der Waals surface area contributed by atoms with Gasteiger partial charge >= 0.3 is 5.97 Å². The van der Waals surface area contributed by atoms with E-state index in [1.165, 1.54) is 4.57 Å². The normalized spacial score (nSPS) is 14.2. The summed E-state index contributed by atoms with van der Waals surface area (Å²) in [6, 6.07) is 6.45. The maximum Gasteiger partial charge on any atom is 0.303 e. The molecule has 10 heteroatoms. The molecule has 1 N–H and O–H groups in total. The van der Waals surface area contributed by atoms with Crippen molar-refractivity contribution >= 4 is 25.2 Å². The third-order valence-corrected chi connectivity index (χ3v) is 9.44. The van der Waals surface area contributed by atoms with Gasteiger partial charge in [0.05, 0.1) is 18.6 Å². The zero-order chi connectivity index (χ0) is 34.7. The first kappa shape index (κ1) is 44.7. The zero-order valence-electron chi connectivity index (χ0n) is 29.4. The number of halogens is 2. The molecule has 1 aliphatic heterocycles. The van der Waals surface area contributed by atoms with Crippen molar-refractivity contribution in [2.45, 2.75) is 107 Å². The van der Waals surface area contributed by atoms with E-state index in [-0.39, 0.29) is 64.3 Å². The molecule has 3 aromatic rings. The van der Waals surface area contributed by atoms with Crippen LogP contribution in [0.2, 0.25) is 0 Å². The third kappa shape index (κ3) is 10.1. The fourth-order valence-corrected chi connectivity index (χ4v) is 6.96. The topological polar surface area (TPSA) is 88.8 Å². The minimum atomic E-state index is -1.17. The summed E-state index contributed by atoms with van der Waals surface area (Å²) < 4.78 is 37.8. The van der Waals surface area contributed by atoms with E-state index in [0.717, 1.165) is 40.9 Å². The van der Waals surface area contributed by atoms with Gasteiger partial charge in [-0.05, 0) is 110 Å². The quantitative estimate of drug-likeness (QED) is 0.180. The van der Waals surface area contributed by atoms with E-state index >= 15 is 8.78 Å². The molecule has 0 aliphatic carbocycles. The summed E-state index contributed by atoms with van der Waals surface area (Å²) in [7, 11) is 1.67. The number of Topliss-reactive ketones (excluding diaryl/α,β-unsaturated/α-hetero) is 1. The molecular formula is C40H58F2N2O5S. The van der Waals surface area contributed by atoms with Gasteiger partial charge in [-0.1, -0.05) is 46.4 Å². The van der Waals surface area contributed by atoms with Crippen molar-refractivity contribution in [1.29, 1.82) is 0 Å². The molecule has 1 aromatic heterocycles. The lowest BCUT2D eigenvalue weighted by Crippen LogP contribution is -2.52. The van der Waals surface area contributed by atoms with Crippen LogP contribution in [0.25, 0.3) is 11.1 Å². The average molecular weight is 717 g/mol. The molecule has 1 unspecified atom stereocenters. The number of likely N-dealkylation sites (tertiary alicyclic amines) is 1. The fourth-order valence-electron chi connectivity index (χ4n) is 6.96. The van der Waals surface area contributed by atoms with Gasteiger partial charge in [0.2, 0.25) is 0 Å². The molecule has 1 aliphatic rings. The van der Waals surface area contributed by atoms with Crippen LogP contribution in [-0.4, -0.2) is 59.2 Å². The highest BCUT2D eigenvalue weighted by Crippen LogP contribution is 2.37. The highest BCUT2D eigenvalue weighted by molar-refractivity contribution is 7.59. The van der Waals surface area contributed by atoms with Crippen LogP contribution in [-0.2, 0) is 20.7 Å². The van der Waals surface area contributed by atoms with Crippen molar-refractivity contribution in [3.05, 3.63) is 91.4 Å². The molecular weight excluding hydrogens is 659 g/mol. The molecule has 2 aromatic carbocycles. The number of aliphatic carboxylic acids is 1. The number of carboxylic acids is 1. The van der Waals surface area contributed by atoms with Gasteiger partial charge in [-0.2, -0.15) is 13.5 Å². The standard InChI is InChI=1S/C38H48F2N2O5.2CH4.H2S/c1-21(2)11-32(42-18-27(26(7)37(40)38(42)46)9-10-41-19-30(20-41)47-8)33(43)16-28(17-34(44)45)31-15-29(14-25(6)36(31)39)35-23(4)12-22(3)13-24(35)5;;;/h12-15,18,21,28,30,32H,9-11,16-17,19-20H2,1-8H3,(H,44,45);2*1H4;1H2/t28-,32?;;;/m0.../s1. The molecule has 0 spiro atoms. The van der Waals surface area contributed by atoms with Crippen LogP contribution in [0, 0.1) is 52.2 Å². The zero-order valence-corrected chi connectivity index (χ0v) is 30.4. The highest BCUT2D eigenvalue weighted by Gasteiger charge is 2.31. The first-order chi connectivity index (χ1) is 22.1. The Kier molecular flexibility index (Phi) is 16.8. The van der Waals surface area contributed by atoms with E-state index < -0.39 is 47.3 Å². The number of nitrogens with zero attached hydrogens (tertiary/aromatic N) is 2. The summed E-state index contributed by atoms with van der Waals surface area (Å²) in [4.78, 5) is 41.8. The van der Waals surface area contributed by atoms with Crippen molar-refractivity contribution in [3.8, 4) is 11.1 Å². The Hall–Kier alpha value is -3.34. The Balaban J connectivity index is 0.00000417. The van der Waals surface area contributed by atoms with Crippen LogP contribution < -0.4 is 5.56 Å². The van der Waals surface area contributed by atoms with Gasteiger partial charge < -0.3 is 14.4 Å². The van der Waals surface area contributed by atoms with E-state index in [2.05, 4.69) is 4.90 Å². The van der Waals surface area contributed by atoms with E-state index in [4.69, 9.17) is 4.74 Å². The van der Waals surface area contributed by atoms with Gasteiger partial charge in [-0.3, -0.25) is 19.3 Å². The summed E-state index contributed by atoms with van der Waals surface area (Å²) in [5.74, 6) is -4.10. The second-order valence-electron chi connectivity index (χ2n) is 13.8. The first-order valence-corrected chi connectivity index (χ1v) is 16.4. The maximum atomic E-state index is 15.9. The van der Waals surface area contributed by atoms with Crippen molar-refractivity contribution in [3.63, 3.8) is 0 Å². The number of aromatic nitrogens is 1. The minimum absolute atomic E-state index is 0. The number of carbonyl (C=O) groups excluding carboxylic acids is 1. The molecule has 50 heavy (non-hydrogen) atoms. The fraction of sp³-hybridized carbons (Fsp3) is 0.525. The number of pyridine rings is 1. The highest BCUT2D eigenvalue weighted by atomic mass is 32.1. The summed E-state index contributed by atoms with van der Waals surface area (Å²) >= 11 is 0. The molecule has 278 valence electrons. The number of hydrogen-bond donors (Lipinski definition) is 1. The van der Waals surface area contributed by atoms with Crippen molar-refractivity contribution < 1.29 is 28.2 Å². The Bertz CT molecular complexity index is 1690. The molecule has 0 radical (unpaired) electrons. The van der Waals surface area contributed by atoms with Gasteiger partial charge in [0.15, 0.2) is 11.6 Å². The number of hydrogen-bond acceptors (Lipinski definition) is 5. The Morgan fingerprint density at radius 3 is 2.08 bits per heavy atom. The maximum absolute atomic E-state index is 15.9. The van der Waals surface area contributed by atoms with Crippen LogP contribution >= 0.6 is 13.5 Å². The average Bonchev–Trinajstić information content (AvgIpc) is 2.95. The third-order valence-electron chi connectivity index (χ3n) is 9.44. The Labute approximate surface area is 304 Å². The van der Waals surface area contributed by atoms with Crippen molar-refractivity contribution in [2.75, 3.05) is 26.7 Å². The van der Waals surface area contributed by atoms with Gasteiger partial charge in [0.25, 0.3) is 5.56 Å². The van der Waals surface area contributed by atoms with Crippen LogP contribution in [0.3, 0.4) is 0 Å². The number of carbonyl (C=O) groups is 2. The van der Waals surface area contributed by atoms with Gasteiger partial charge in [0.1, 0.15) is 5.82 Å². The SMILES string of the molecule is C.C.COC1CN(CCc2cn(C(CC(C)C)C(=O)C[C@@H](CC(=O)O)c3cc(-c4c(C)cc(C)cc4C)cc(C)c3F)c(=O)c(F)c2C)C1.S. The number of benzene rings is 2. The summed E-state index contributed by atoms with van der Waals surface area (Å²) in [6.45, 7) is 15.2. The summed E-state index contributed by atoms with van der Waals surface area (Å²) in [5.41, 5.74) is 5.27. The van der Waals surface area contributed by atoms with Gasteiger partial charge in [-0.25, -0.2) is 8.78 Å². The van der Waals surface area contributed by atoms with Crippen molar-refractivity contribution in [2.24, 2.45) is 5.92 Å². The predicted octanol–water partition coefficient (Wildman–Crippen LogP) is 8.40. The number of rotatable bonds is 14. The molecule has 4 rings (SSSR count). The van der Waals surface area contributed by atoms with Crippen LogP contribution in [0.1, 0.15) is 98.9 Å². The Morgan fingerprint density at radius 1 is 0.940 bits per heavy atom. The summed E-state index contributed by atoms with van der Waals surface area (Å²) in [6.07, 6.45) is 1.68. The summed E-state index contributed by atoms with van der Waals surface area (Å²) in [5, 5.41) is 9.88. The van der Waals surface area contributed by atoms with E-state index in [1.807, 2.05) is 46.8 Å². The van der Waals surface area contributed by atoms with Crippen LogP contribution in [0.4, 0.5) is 8.78 Å². The molecule has 2 atom stereocenters. The number of aryl methyl sites for hydroxylation is 4. The van der Waals surface area contributed by atoms with Crippen LogP contribution in [0.15, 0.2) is 35.3 Å². The molecule has 1 fully saturated rings. The Morgan fingerprint density at radius 2 is 1.54 bits per heavy atom. The number of ether oxygens (including phenoxy) is 1. The van der Waals surface area contributed by atoms with Crippen LogP contribution in [0.5, 0.6) is 0 Å². The van der Waals surface area contributed by atoms with E-state index in [1.54, 1.807) is 39.3 Å². The molecule has 0 saturated carbocycles. The second kappa shape index (κ2) is 18.8. The first-order valence-electron chi connectivity index (χ1n) is 16.4. The molecule has 1 saturated heterocycles. The van der Waals surface area contributed by atoms with Gasteiger partial charge in [-0.15, -0.1) is 0 Å².